The molecule has 0 aromatic carbocycles. The lowest BCUT2D eigenvalue weighted by Gasteiger charge is -2.19. The molecule has 76 valence electrons. The van der Waals surface area contributed by atoms with Gasteiger partial charge in [0.15, 0.2) is 5.16 Å². The first kappa shape index (κ1) is 9.71. The van der Waals surface area contributed by atoms with Crippen molar-refractivity contribution in [2.24, 2.45) is 7.05 Å². The van der Waals surface area contributed by atoms with Gasteiger partial charge < -0.3 is 0 Å². The topological polar surface area (TPSA) is 47.8 Å². The molecule has 2 rings (SSSR count). The van der Waals surface area contributed by atoms with Gasteiger partial charge >= 0.3 is 0 Å². The van der Waals surface area contributed by atoms with Crippen LogP contribution in [0, 0.1) is 0 Å². The highest BCUT2D eigenvalue weighted by Gasteiger charge is 2.21. The Kier molecular flexibility index (Phi) is 2.86. The second-order valence-corrected chi connectivity index (χ2v) is 4.81. The smallest absolute Gasteiger partial charge is 0.186 e. The quantitative estimate of drug-likeness (QED) is 0.742. The molecule has 1 unspecified atom stereocenters. The summed E-state index contributed by atoms with van der Waals surface area (Å²) in [6.07, 6.45) is 5.14. The second-order valence-electron chi connectivity index (χ2n) is 3.54. The van der Waals surface area contributed by atoms with E-state index in [2.05, 4.69) is 10.1 Å². The second kappa shape index (κ2) is 4.13. The number of hydrogen-bond donors (Lipinski definition) is 0. The molecule has 0 aliphatic heterocycles. The van der Waals surface area contributed by atoms with Crippen molar-refractivity contribution in [1.82, 2.24) is 14.8 Å². The highest BCUT2D eigenvalue weighted by molar-refractivity contribution is 7.99. The number of nitrogens with zero attached hydrogens (tertiary/aromatic N) is 3. The fourth-order valence-electron chi connectivity index (χ4n) is 1.63. The largest absolute Gasteiger partial charge is 0.300 e. The predicted octanol–water partition coefficient (Wildman–Crippen LogP) is 1.42. The van der Waals surface area contributed by atoms with Crippen molar-refractivity contribution in [3.63, 3.8) is 0 Å². The predicted molar refractivity (Wildman–Crippen MR) is 54.1 cm³/mol. The van der Waals surface area contributed by atoms with Gasteiger partial charge in [-0.15, -0.1) is 0 Å². The van der Waals surface area contributed by atoms with Crippen molar-refractivity contribution in [2.75, 3.05) is 0 Å². The summed E-state index contributed by atoms with van der Waals surface area (Å²) in [5, 5.41) is 5.31. The zero-order valence-electron chi connectivity index (χ0n) is 8.14. The number of aromatic nitrogens is 3. The van der Waals surface area contributed by atoms with Crippen LogP contribution in [-0.2, 0) is 11.8 Å². The highest BCUT2D eigenvalue weighted by atomic mass is 32.2. The lowest BCUT2D eigenvalue weighted by molar-refractivity contribution is -0.120. The van der Waals surface area contributed by atoms with E-state index in [0.717, 1.165) is 24.4 Å². The molecule has 1 heterocycles. The number of carbonyl (C=O) groups is 1. The molecule has 1 fully saturated rings. The fraction of sp³-hybridized carbons (Fsp3) is 0.667. The van der Waals surface area contributed by atoms with Crippen molar-refractivity contribution >= 4 is 17.5 Å². The Balaban J connectivity index is 1.97. The van der Waals surface area contributed by atoms with Gasteiger partial charge in [0.05, 0.1) is 0 Å². The number of rotatable bonds is 2. The molecule has 1 aliphatic carbocycles. The average molecular weight is 211 g/mol. The Labute approximate surface area is 87.1 Å². The van der Waals surface area contributed by atoms with Crippen molar-refractivity contribution in [1.29, 1.82) is 0 Å². The van der Waals surface area contributed by atoms with E-state index in [9.17, 15) is 4.79 Å². The van der Waals surface area contributed by atoms with Crippen LogP contribution in [0.25, 0.3) is 0 Å². The first-order chi connectivity index (χ1) is 6.75. The summed E-state index contributed by atoms with van der Waals surface area (Å²) in [7, 11) is 1.87. The lowest BCUT2D eigenvalue weighted by atomic mass is 9.99. The third-order valence-electron chi connectivity index (χ3n) is 2.38. The highest BCUT2D eigenvalue weighted by Crippen LogP contribution is 2.30. The first-order valence-corrected chi connectivity index (χ1v) is 5.66. The molecule has 0 N–H and O–H groups in total. The van der Waals surface area contributed by atoms with Crippen LogP contribution >= 0.6 is 11.8 Å². The van der Waals surface area contributed by atoms with Gasteiger partial charge in [-0.05, 0) is 12.8 Å². The summed E-state index contributed by atoms with van der Waals surface area (Å²) in [4.78, 5) is 15.4. The van der Waals surface area contributed by atoms with Gasteiger partial charge in [0.2, 0.25) is 0 Å². The van der Waals surface area contributed by atoms with E-state index in [1.54, 1.807) is 22.8 Å². The molecule has 1 aliphatic rings. The van der Waals surface area contributed by atoms with Gasteiger partial charge in [0, 0.05) is 25.1 Å². The number of aryl methyl sites for hydroxylation is 1. The molecule has 1 atom stereocenters. The van der Waals surface area contributed by atoms with E-state index < -0.39 is 0 Å². The Morgan fingerprint density at radius 1 is 1.64 bits per heavy atom. The number of thioether (sulfide) groups is 1. The molecular formula is C9H13N3OS. The molecular weight excluding hydrogens is 198 g/mol. The SMILES string of the molecule is Cn1ncnc1SC1CCCC(=O)C1. The summed E-state index contributed by atoms with van der Waals surface area (Å²) in [5.41, 5.74) is 0. The summed E-state index contributed by atoms with van der Waals surface area (Å²) >= 11 is 1.67. The fourth-order valence-corrected chi connectivity index (χ4v) is 2.79. The van der Waals surface area contributed by atoms with Crippen LogP contribution in [0.4, 0.5) is 0 Å². The van der Waals surface area contributed by atoms with Crippen LogP contribution in [0.5, 0.6) is 0 Å². The van der Waals surface area contributed by atoms with Gasteiger partial charge in [-0.25, -0.2) is 9.67 Å². The maximum atomic E-state index is 11.2. The standard InChI is InChI=1S/C9H13N3OS/c1-12-9(10-6-11-12)14-8-4-2-3-7(13)5-8/h6,8H,2-5H2,1H3. The van der Waals surface area contributed by atoms with E-state index >= 15 is 0 Å². The van der Waals surface area contributed by atoms with E-state index in [1.165, 1.54) is 0 Å². The minimum absolute atomic E-state index is 0.385. The molecule has 0 bridgehead atoms. The molecule has 5 heteroatoms. The summed E-state index contributed by atoms with van der Waals surface area (Å²) < 4.78 is 1.75. The Morgan fingerprint density at radius 2 is 2.50 bits per heavy atom. The van der Waals surface area contributed by atoms with Crippen molar-refractivity contribution < 1.29 is 4.79 Å². The van der Waals surface area contributed by atoms with Gasteiger partial charge in [-0.1, -0.05) is 11.8 Å². The van der Waals surface area contributed by atoms with Crippen LogP contribution in [0.15, 0.2) is 11.5 Å². The van der Waals surface area contributed by atoms with E-state index in [-0.39, 0.29) is 0 Å². The van der Waals surface area contributed by atoms with Crippen LogP contribution in [-0.4, -0.2) is 25.8 Å². The lowest BCUT2D eigenvalue weighted by Crippen LogP contribution is -2.17. The minimum Gasteiger partial charge on any atom is -0.300 e. The molecule has 0 saturated heterocycles. The third kappa shape index (κ3) is 2.15. The first-order valence-electron chi connectivity index (χ1n) is 4.78. The number of ketones is 1. The minimum atomic E-state index is 0.385. The van der Waals surface area contributed by atoms with E-state index in [0.29, 0.717) is 17.5 Å². The van der Waals surface area contributed by atoms with Crippen LogP contribution < -0.4 is 0 Å². The van der Waals surface area contributed by atoms with Gasteiger partial charge in [0.1, 0.15) is 12.1 Å². The van der Waals surface area contributed by atoms with Gasteiger partial charge in [-0.2, -0.15) is 5.10 Å². The summed E-state index contributed by atoms with van der Waals surface area (Å²) in [6.45, 7) is 0. The number of hydrogen-bond acceptors (Lipinski definition) is 4. The molecule has 4 nitrogen and oxygen atoms in total. The zero-order valence-corrected chi connectivity index (χ0v) is 8.96. The monoisotopic (exact) mass is 211 g/mol. The Bertz CT molecular complexity index is 337. The van der Waals surface area contributed by atoms with Crippen LogP contribution in [0.1, 0.15) is 25.7 Å². The Hall–Kier alpha value is -0.840. The Morgan fingerprint density at radius 3 is 3.14 bits per heavy atom. The average Bonchev–Trinajstić information content (AvgIpc) is 2.52. The van der Waals surface area contributed by atoms with Crippen LogP contribution in [0.2, 0.25) is 0 Å². The molecule has 0 radical (unpaired) electrons. The molecule has 0 amide bonds. The molecule has 1 aromatic heterocycles. The van der Waals surface area contributed by atoms with Crippen molar-refractivity contribution in [3.8, 4) is 0 Å². The summed E-state index contributed by atoms with van der Waals surface area (Å²) in [6, 6.07) is 0. The number of Topliss-reactive ketones (excluding diaryl/α,β-unsaturated/α-hetero) is 1. The summed E-state index contributed by atoms with van der Waals surface area (Å²) in [5.74, 6) is 0.385. The van der Waals surface area contributed by atoms with E-state index in [4.69, 9.17) is 0 Å². The zero-order chi connectivity index (χ0) is 9.97. The normalized spacial score (nSPS) is 22.6. The van der Waals surface area contributed by atoms with Crippen molar-refractivity contribution in [3.05, 3.63) is 6.33 Å². The third-order valence-corrected chi connectivity index (χ3v) is 3.70. The maximum Gasteiger partial charge on any atom is 0.186 e. The van der Waals surface area contributed by atoms with Crippen LogP contribution in [0.3, 0.4) is 0 Å². The van der Waals surface area contributed by atoms with Crippen molar-refractivity contribution in [2.45, 2.75) is 36.1 Å². The number of carbonyl (C=O) groups excluding carboxylic acids is 1. The molecule has 1 aromatic rings. The van der Waals surface area contributed by atoms with Gasteiger partial charge in [-0.3, -0.25) is 4.79 Å². The van der Waals surface area contributed by atoms with Gasteiger partial charge in [0.25, 0.3) is 0 Å². The molecule has 1 saturated carbocycles. The van der Waals surface area contributed by atoms with E-state index in [1.807, 2.05) is 7.05 Å². The maximum absolute atomic E-state index is 11.2. The molecule has 0 spiro atoms. The molecule has 14 heavy (non-hydrogen) atoms.